The number of piperidine rings is 1. The van der Waals surface area contributed by atoms with Crippen LogP contribution in [-0.2, 0) is 11.2 Å². The molecule has 0 saturated carbocycles. The third kappa shape index (κ3) is 2.44. The van der Waals surface area contributed by atoms with E-state index in [-0.39, 0.29) is 11.9 Å². The van der Waals surface area contributed by atoms with E-state index in [1.54, 1.807) is 19.2 Å². The molecule has 3 rings (SSSR count). The number of benzene rings is 1. The molecule has 1 aromatic rings. The van der Waals surface area contributed by atoms with Gasteiger partial charge >= 0.3 is 6.61 Å². The summed E-state index contributed by atoms with van der Waals surface area (Å²) in [5, 5.41) is 3.48. The van der Waals surface area contributed by atoms with Crippen molar-refractivity contribution in [3.8, 4) is 5.75 Å². The van der Waals surface area contributed by atoms with Crippen molar-refractivity contribution in [1.29, 1.82) is 0 Å². The summed E-state index contributed by atoms with van der Waals surface area (Å²) in [6.45, 7) is -1.93. The molecule has 1 fully saturated rings. The van der Waals surface area contributed by atoms with E-state index in [0.29, 0.717) is 12.0 Å². The van der Waals surface area contributed by atoms with E-state index in [0.717, 1.165) is 24.9 Å². The van der Waals surface area contributed by atoms with Gasteiger partial charge in [-0.25, -0.2) is 0 Å². The number of fused-ring (bicyclic) bond motifs is 3. The lowest BCUT2D eigenvalue weighted by Crippen LogP contribution is -2.41. The predicted molar refractivity (Wildman–Crippen MR) is 66.4 cm³/mol. The molecule has 1 N–H and O–H groups in total. The first-order valence-electron chi connectivity index (χ1n) is 6.51. The zero-order valence-corrected chi connectivity index (χ0v) is 10.7. The van der Waals surface area contributed by atoms with Gasteiger partial charge in [0.25, 0.3) is 0 Å². The molecular weight excluding hydrogens is 252 g/mol. The number of alkyl halides is 2. The van der Waals surface area contributed by atoms with Gasteiger partial charge in [-0.15, -0.1) is 0 Å². The van der Waals surface area contributed by atoms with Crippen LogP contribution in [0.4, 0.5) is 8.78 Å². The summed E-state index contributed by atoms with van der Waals surface area (Å²) in [5.41, 5.74) is 2.32. The summed E-state index contributed by atoms with van der Waals surface area (Å²) < 4.78 is 34.3. The molecule has 1 aliphatic carbocycles. The molecule has 104 valence electrons. The maximum absolute atomic E-state index is 12.2. The van der Waals surface area contributed by atoms with Crippen LogP contribution in [0.5, 0.6) is 5.75 Å². The van der Waals surface area contributed by atoms with Crippen molar-refractivity contribution in [2.75, 3.05) is 13.7 Å². The first-order valence-corrected chi connectivity index (χ1v) is 6.51. The van der Waals surface area contributed by atoms with Gasteiger partial charge in [0.05, 0.1) is 6.10 Å². The topological polar surface area (TPSA) is 30.5 Å². The van der Waals surface area contributed by atoms with Crippen molar-refractivity contribution in [3.05, 3.63) is 29.3 Å². The summed E-state index contributed by atoms with van der Waals surface area (Å²) in [5.74, 6) is 0.728. The third-order valence-electron chi connectivity index (χ3n) is 4.09. The van der Waals surface area contributed by atoms with E-state index in [9.17, 15) is 8.78 Å². The van der Waals surface area contributed by atoms with Gasteiger partial charge < -0.3 is 14.8 Å². The largest absolute Gasteiger partial charge is 0.435 e. The quantitative estimate of drug-likeness (QED) is 0.914. The Hall–Kier alpha value is -1.20. The van der Waals surface area contributed by atoms with Crippen molar-refractivity contribution >= 4 is 0 Å². The van der Waals surface area contributed by atoms with Crippen LogP contribution in [0.25, 0.3) is 0 Å². The highest BCUT2D eigenvalue weighted by Crippen LogP contribution is 2.42. The van der Waals surface area contributed by atoms with Crippen molar-refractivity contribution in [3.63, 3.8) is 0 Å². The van der Waals surface area contributed by atoms with Gasteiger partial charge in [0.15, 0.2) is 0 Å². The molecule has 3 nitrogen and oxygen atoms in total. The van der Waals surface area contributed by atoms with Crippen LogP contribution < -0.4 is 10.1 Å². The Morgan fingerprint density at radius 2 is 2.21 bits per heavy atom. The average Bonchev–Trinajstić information content (AvgIpc) is 2.74. The van der Waals surface area contributed by atoms with Crippen molar-refractivity contribution in [1.82, 2.24) is 5.32 Å². The first-order chi connectivity index (χ1) is 9.17. The molecule has 0 radical (unpaired) electrons. The molecule has 1 saturated heterocycles. The minimum Gasteiger partial charge on any atom is -0.435 e. The van der Waals surface area contributed by atoms with E-state index in [2.05, 4.69) is 10.1 Å². The van der Waals surface area contributed by atoms with Crippen LogP contribution in [-0.4, -0.2) is 26.4 Å². The lowest BCUT2D eigenvalue weighted by molar-refractivity contribution is -0.0498. The molecule has 3 atom stereocenters. The van der Waals surface area contributed by atoms with E-state index in [4.69, 9.17) is 4.74 Å². The maximum Gasteiger partial charge on any atom is 0.387 e. The van der Waals surface area contributed by atoms with E-state index in [1.807, 2.05) is 6.07 Å². The van der Waals surface area contributed by atoms with E-state index >= 15 is 0 Å². The Morgan fingerprint density at radius 1 is 1.37 bits per heavy atom. The molecule has 19 heavy (non-hydrogen) atoms. The fraction of sp³-hybridized carbons (Fsp3) is 0.571. The summed E-state index contributed by atoms with van der Waals surface area (Å²) in [6.07, 6.45) is 2.15. The minimum absolute atomic E-state index is 0.243. The lowest BCUT2D eigenvalue weighted by Gasteiger charge is -2.32. The molecule has 1 heterocycles. The van der Waals surface area contributed by atoms with Gasteiger partial charge in [-0.05, 0) is 42.0 Å². The van der Waals surface area contributed by atoms with Gasteiger partial charge in [0, 0.05) is 19.7 Å². The van der Waals surface area contributed by atoms with Gasteiger partial charge in [-0.2, -0.15) is 8.78 Å². The Labute approximate surface area is 110 Å². The van der Waals surface area contributed by atoms with Crippen LogP contribution in [0.2, 0.25) is 0 Å². The third-order valence-corrected chi connectivity index (χ3v) is 4.09. The number of rotatable bonds is 3. The van der Waals surface area contributed by atoms with Gasteiger partial charge in [0.2, 0.25) is 0 Å². The molecule has 5 heteroatoms. The fourth-order valence-corrected chi connectivity index (χ4v) is 3.25. The Morgan fingerprint density at radius 3 is 2.95 bits per heavy atom. The van der Waals surface area contributed by atoms with Crippen LogP contribution >= 0.6 is 0 Å². The molecule has 3 unspecified atom stereocenters. The van der Waals surface area contributed by atoms with Crippen LogP contribution in [0, 0.1) is 5.92 Å². The molecule has 1 aromatic carbocycles. The second-order valence-electron chi connectivity index (χ2n) is 5.18. The number of halogens is 2. The van der Waals surface area contributed by atoms with E-state index < -0.39 is 6.61 Å². The molecule has 0 spiro atoms. The standard InChI is InChI=1S/C14H17F2NO2/c1-18-11-6-9-4-8-5-10(19-14(15)16)2-3-12(8)13(9)17-7-11/h2-3,5,9,11,13-14,17H,4,6-7H2,1H3. The zero-order valence-electron chi connectivity index (χ0n) is 10.7. The van der Waals surface area contributed by atoms with E-state index in [1.165, 1.54) is 5.56 Å². The van der Waals surface area contributed by atoms with Crippen molar-refractivity contribution in [2.24, 2.45) is 5.92 Å². The van der Waals surface area contributed by atoms with Crippen LogP contribution in [0.15, 0.2) is 18.2 Å². The average molecular weight is 269 g/mol. The zero-order chi connectivity index (χ0) is 13.4. The van der Waals surface area contributed by atoms with Gasteiger partial charge in [-0.1, -0.05) is 6.07 Å². The molecular formula is C14H17F2NO2. The Kier molecular flexibility index (Phi) is 3.41. The summed E-state index contributed by atoms with van der Waals surface area (Å²) in [6, 6.07) is 5.58. The SMILES string of the molecule is COC1CNC2c3ccc(OC(F)F)cc3CC2C1. The molecule has 1 aliphatic heterocycles. The summed E-state index contributed by atoms with van der Waals surface area (Å²) in [4.78, 5) is 0. The highest BCUT2D eigenvalue weighted by molar-refractivity contribution is 5.42. The number of nitrogens with one attached hydrogen (secondary N) is 1. The fourth-order valence-electron chi connectivity index (χ4n) is 3.25. The smallest absolute Gasteiger partial charge is 0.387 e. The number of ether oxygens (including phenoxy) is 2. The monoisotopic (exact) mass is 269 g/mol. The van der Waals surface area contributed by atoms with Crippen molar-refractivity contribution < 1.29 is 18.3 Å². The number of hydrogen-bond donors (Lipinski definition) is 1. The molecule has 2 aliphatic rings. The normalized spacial score (nSPS) is 29.2. The Bertz CT molecular complexity index is 467. The number of methoxy groups -OCH3 is 1. The highest BCUT2D eigenvalue weighted by Gasteiger charge is 2.37. The van der Waals surface area contributed by atoms with Gasteiger partial charge in [-0.3, -0.25) is 0 Å². The first kappa shape index (κ1) is 12.8. The summed E-state index contributed by atoms with van der Waals surface area (Å²) >= 11 is 0. The molecule has 0 amide bonds. The second-order valence-corrected chi connectivity index (χ2v) is 5.18. The second kappa shape index (κ2) is 5.06. The predicted octanol–water partition coefficient (Wildman–Crippen LogP) is 2.51. The minimum atomic E-state index is -2.77. The van der Waals surface area contributed by atoms with Crippen molar-refractivity contribution in [2.45, 2.75) is 31.6 Å². The van der Waals surface area contributed by atoms with Crippen LogP contribution in [0.1, 0.15) is 23.6 Å². The lowest BCUT2D eigenvalue weighted by atomic mass is 9.90. The Balaban J connectivity index is 1.79. The van der Waals surface area contributed by atoms with Crippen LogP contribution in [0.3, 0.4) is 0 Å². The molecule has 0 aromatic heterocycles. The highest BCUT2D eigenvalue weighted by atomic mass is 19.3. The number of hydrogen-bond acceptors (Lipinski definition) is 3. The van der Waals surface area contributed by atoms with Gasteiger partial charge in [0.1, 0.15) is 5.75 Å². The maximum atomic E-state index is 12.2. The molecule has 0 bridgehead atoms. The summed E-state index contributed by atoms with van der Waals surface area (Å²) in [7, 11) is 1.73.